The van der Waals surface area contributed by atoms with Gasteiger partial charge in [-0.2, -0.15) is 0 Å². The zero-order valence-electron chi connectivity index (χ0n) is 11.9. The van der Waals surface area contributed by atoms with E-state index in [0.29, 0.717) is 22.3 Å². The van der Waals surface area contributed by atoms with E-state index in [9.17, 15) is 4.79 Å². The average Bonchev–Trinajstić information content (AvgIpc) is 3.06. The molecule has 1 aromatic carbocycles. The van der Waals surface area contributed by atoms with E-state index in [-0.39, 0.29) is 17.5 Å². The van der Waals surface area contributed by atoms with Crippen molar-refractivity contribution in [2.24, 2.45) is 0 Å². The van der Waals surface area contributed by atoms with Crippen LogP contribution in [0.4, 0.5) is 5.95 Å². The molecule has 2 heterocycles. The van der Waals surface area contributed by atoms with Gasteiger partial charge in [-0.1, -0.05) is 23.7 Å². The fourth-order valence-corrected chi connectivity index (χ4v) is 2.77. The van der Waals surface area contributed by atoms with E-state index in [2.05, 4.69) is 20.3 Å². The Labute approximate surface area is 141 Å². The van der Waals surface area contributed by atoms with Crippen molar-refractivity contribution < 1.29 is 4.79 Å². The second-order valence-electron chi connectivity index (χ2n) is 4.65. The van der Waals surface area contributed by atoms with Gasteiger partial charge in [-0.3, -0.25) is 4.79 Å². The zero-order chi connectivity index (χ0) is 16.2. The number of nitrogens with one attached hydrogen (secondary N) is 1. The number of nitrogen functional groups attached to an aromatic ring is 1. The Morgan fingerprint density at radius 2 is 2.17 bits per heavy atom. The highest BCUT2D eigenvalue weighted by atomic mass is 35.5. The molecule has 1 amide bonds. The maximum absolute atomic E-state index is 12.3. The van der Waals surface area contributed by atoms with Gasteiger partial charge in [-0.15, -0.1) is 11.3 Å². The molecule has 3 aromatic rings. The minimum atomic E-state index is -0.336. The summed E-state index contributed by atoms with van der Waals surface area (Å²) < 4.78 is 0. The molecular formula is C15H12ClN5OS. The zero-order valence-corrected chi connectivity index (χ0v) is 13.4. The lowest BCUT2D eigenvalue weighted by molar-refractivity contribution is 0.0946. The van der Waals surface area contributed by atoms with Crippen LogP contribution >= 0.6 is 22.9 Å². The average molecular weight is 346 g/mol. The fourth-order valence-electron chi connectivity index (χ4n) is 1.96. The largest absolute Gasteiger partial charge is 0.368 e. The van der Waals surface area contributed by atoms with Gasteiger partial charge in [0.05, 0.1) is 0 Å². The molecule has 0 saturated heterocycles. The highest BCUT2D eigenvalue weighted by molar-refractivity contribution is 7.13. The number of nitrogens with zero attached hydrogens (tertiary/aromatic N) is 3. The lowest BCUT2D eigenvalue weighted by atomic mass is 10.2. The first-order chi connectivity index (χ1) is 11.1. The number of hydrogen-bond acceptors (Lipinski definition) is 6. The number of nitrogens with two attached hydrogens (primary N) is 1. The van der Waals surface area contributed by atoms with Gasteiger partial charge in [0.25, 0.3) is 5.91 Å². The van der Waals surface area contributed by atoms with Crippen LogP contribution in [0, 0.1) is 0 Å². The van der Waals surface area contributed by atoms with Crippen LogP contribution in [-0.4, -0.2) is 20.9 Å². The lowest BCUT2D eigenvalue weighted by Gasteiger charge is -2.07. The Morgan fingerprint density at radius 1 is 1.30 bits per heavy atom. The number of hydrogen-bond donors (Lipinski definition) is 2. The molecule has 0 spiro atoms. The van der Waals surface area contributed by atoms with Gasteiger partial charge >= 0.3 is 0 Å². The molecule has 0 aliphatic rings. The van der Waals surface area contributed by atoms with Crippen LogP contribution in [0.25, 0.3) is 10.7 Å². The van der Waals surface area contributed by atoms with E-state index >= 15 is 0 Å². The second-order valence-corrected chi connectivity index (χ2v) is 5.98. The van der Waals surface area contributed by atoms with Gasteiger partial charge in [-0.05, 0) is 23.8 Å². The fraction of sp³-hybridized carbons (Fsp3) is 0.0667. The number of carbonyl (C=O) groups excluding carboxylic acids is 1. The second kappa shape index (κ2) is 6.72. The number of thiazole rings is 1. The molecule has 0 unspecified atom stereocenters. The Bertz CT molecular complexity index is 838. The van der Waals surface area contributed by atoms with E-state index < -0.39 is 0 Å². The SMILES string of the molecule is Nc1nc(C(=O)NCc2cccc(Cl)c2)cc(-c2nccs2)n1. The minimum absolute atomic E-state index is 0.0330. The summed E-state index contributed by atoms with van der Waals surface area (Å²) in [7, 11) is 0. The topological polar surface area (TPSA) is 93.8 Å². The number of halogens is 1. The van der Waals surface area contributed by atoms with Crippen LogP contribution in [0.1, 0.15) is 16.1 Å². The van der Waals surface area contributed by atoms with E-state index in [1.807, 2.05) is 17.5 Å². The monoisotopic (exact) mass is 345 g/mol. The third-order valence-corrected chi connectivity index (χ3v) is 4.00. The van der Waals surface area contributed by atoms with Gasteiger partial charge in [-0.25, -0.2) is 15.0 Å². The van der Waals surface area contributed by atoms with Gasteiger partial charge in [0.2, 0.25) is 5.95 Å². The van der Waals surface area contributed by atoms with Gasteiger partial charge in [0.15, 0.2) is 0 Å². The van der Waals surface area contributed by atoms with Crippen molar-refractivity contribution in [1.29, 1.82) is 0 Å². The maximum Gasteiger partial charge on any atom is 0.270 e. The standard InChI is InChI=1S/C15H12ClN5OS/c16-10-3-1-2-9(6-10)8-19-13(22)11-7-12(21-15(17)20-11)14-18-4-5-23-14/h1-7H,8H2,(H,19,22)(H2,17,20,21). The molecule has 23 heavy (non-hydrogen) atoms. The molecule has 0 saturated carbocycles. The molecule has 0 aliphatic carbocycles. The summed E-state index contributed by atoms with van der Waals surface area (Å²) in [5, 5.41) is 5.91. The summed E-state index contributed by atoms with van der Waals surface area (Å²) in [6, 6.07) is 8.84. The third-order valence-electron chi connectivity index (χ3n) is 2.97. The van der Waals surface area contributed by atoms with Crippen molar-refractivity contribution in [3.63, 3.8) is 0 Å². The summed E-state index contributed by atoms with van der Waals surface area (Å²) in [4.78, 5) is 24.5. The summed E-state index contributed by atoms with van der Waals surface area (Å²) >= 11 is 7.33. The van der Waals surface area contributed by atoms with Crippen molar-refractivity contribution in [1.82, 2.24) is 20.3 Å². The Morgan fingerprint density at radius 3 is 2.91 bits per heavy atom. The smallest absolute Gasteiger partial charge is 0.270 e. The summed E-state index contributed by atoms with van der Waals surface area (Å²) in [5.74, 6) is -0.303. The molecule has 0 bridgehead atoms. The molecule has 3 N–H and O–H groups in total. The van der Waals surface area contributed by atoms with Crippen LogP contribution in [0.15, 0.2) is 41.9 Å². The van der Waals surface area contributed by atoms with Gasteiger partial charge < -0.3 is 11.1 Å². The molecular weight excluding hydrogens is 334 g/mol. The van der Waals surface area contributed by atoms with Crippen LogP contribution in [0.3, 0.4) is 0 Å². The molecule has 3 rings (SSSR count). The Kier molecular flexibility index (Phi) is 4.50. The van der Waals surface area contributed by atoms with Gasteiger partial charge in [0, 0.05) is 23.1 Å². The van der Waals surface area contributed by atoms with Crippen LogP contribution in [-0.2, 0) is 6.54 Å². The van der Waals surface area contributed by atoms with Gasteiger partial charge in [0.1, 0.15) is 16.4 Å². The molecule has 116 valence electrons. The molecule has 2 aromatic heterocycles. The Balaban J connectivity index is 1.77. The van der Waals surface area contributed by atoms with E-state index in [0.717, 1.165) is 5.56 Å². The quantitative estimate of drug-likeness (QED) is 0.758. The third kappa shape index (κ3) is 3.82. The summed E-state index contributed by atoms with van der Waals surface area (Å²) in [6.45, 7) is 0.343. The van der Waals surface area contributed by atoms with Crippen molar-refractivity contribution in [2.75, 3.05) is 5.73 Å². The first kappa shape index (κ1) is 15.4. The predicted molar refractivity (Wildman–Crippen MR) is 90.2 cm³/mol. The lowest BCUT2D eigenvalue weighted by Crippen LogP contribution is -2.24. The normalized spacial score (nSPS) is 10.5. The molecule has 0 atom stereocenters. The van der Waals surface area contributed by atoms with E-state index in [1.54, 1.807) is 24.4 Å². The Hall–Kier alpha value is -2.51. The van der Waals surface area contributed by atoms with E-state index in [1.165, 1.54) is 11.3 Å². The maximum atomic E-state index is 12.3. The van der Waals surface area contributed by atoms with Crippen molar-refractivity contribution in [3.05, 3.63) is 58.2 Å². The molecule has 8 heteroatoms. The number of rotatable bonds is 4. The number of anilines is 1. The highest BCUT2D eigenvalue weighted by Crippen LogP contribution is 2.20. The first-order valence-electron chi connectivity index (χ1n) is 6.69. The molecule has 0 aliphatic heterocycles. The number of amides is 1. The summed E-state index contributed by atoms with van der Waals surface area (Å²) in [5.41, 5.74) is 7.31. The summed E-state index contributed by atoms with van der Waals surface area (Å²) in [6.07, 6.45) is 1.66. The molecule has 6 nitrogen and oxygen atoms in total. The van der Waals surface area contributed by atoms with Crippen LogP contribution in [0.5, 0.6) is 0 Å². The van der Waals surface area contributed by atoms with Crippen molar-refractivity contribution in [2.45, 2.75) is 6.54 Å². The predicted octanol–water partition coefficient (Wildman–Crippen LogP) is 2.77. The van der Waals surface area contributed by atoms with Crippen molar-refractivity contribution >= 4 is 34.8 Å². The van der Waals surface area contributed by atoms with E-state index in [4.69, 9.17) is 17.3 Å². The minimum Gasteiger partial charge on any atom is -0.368 e. The highest BCUT2D eigenvalue weighted by Gasteiger charge is 2.13. The first-order valence-corrected chi connectivity index (χ1v) is 7.94. The number of carbonyl (C=O) groups is 1. The van der Waals surface area contributed by atoms with Crippen LogP contribution < -0.4 is 11.1 Å². The number of aromatic nitrogens is 3. The van der Waals surface area contributed by atoms with Crippen molar-refractivity contribution in [3.8, 4) is 10.7 Å². The van der Waals surface area contributed by atoms with Crippen LogP contribution in [0.2, 0.25) is 5.02 Å². The molecule has 0 radical (unpaired) electrons. The molecule has 0 fully saturated rings. The number of benzene rings is 1.